The fourth-order valence-electron chi connectivity index (χ4n) is 5.36. The Morgan fingerprint density at radius 2 is 2.26 bits per heavy atom. The van der Waals surface area contributed by atoms with Gasteiger partial charge in [-0.1, -0.05) is 47.4 Å². The molecule has 8 heteroatoms. The molecular weight excluding hydrogens is 546 g/mol. The van der Waals surface area contributed by atoms with Crippen molar-refractivity contribution in [3.8, 4) is 0 Å². The van der Waals surface area contributed by atoms with E-state index in [0.717, 1.165) is 25.8 Å². The van der Waals surface area contributed by atoms with Gasteiger partial charge in [-0.25, -0.2) is 4.39 Å². The van der Waals surface area contributed by atoms with Gasteiger partial charge in [0.2, 0.25) is 0 Å². The topological polar surface area (TPSA) is 74.0 Å². The van der Waals surface area contributed by atoms with Gasteiger partial charge in [-0.05, 0) is 56.9 Å². The maximum absolute atomic E-state index is 13.8. The minimum Gasteiger partial charge on any atom is -0.506 e. The van der Waals surface area contributed by atoms with Crippen molar-refractivity contribution < 1.29 is 14.3 Å². The fraction of sp³-hybridized carbons (Fsp3) is 0.462. The largest absolute Gasteiger partial charge is 0.506 e. The first-order chi connectivity index (χ1) is 16.2. The monoisotopic (exact) mass is 580 g/mol. The summed E-state index contributed by atoms with van der Waals surface area (Å²) in [7, 11) is 0. The molecule has 4 N–H and O–H groups in total. The van der Waals surface area contributed by atoms with Crippen LogP contribution in [0.25, 0.3) is 0 Å². The zero-order valence-corrected chi connectivity index (χ0v) is 21.9. The molecule has 0 bridgehead atoms. The number of nitrogens with zero attached hydrogens (tertiary/aromatic N) is 2. The number of hydrogen-bond acceptors (Lipinski definition) is 6. The molecule has 0 saturated carbocycles. The number of nitrogens with one attached hydrogen (secondary N) is 1. The summed E-state index contributed by atoms with van der Waals surface area (Å²) in [6.07, 6.45) is 17.5. The summed E-state index contributed by atoms with van der Waals surface area (Å²) in [4.78, 5) is 10.1. The SMILES string of the molecule is C=CN(/C=C(/C)N)C1=CCC(/C=C2\CCCN3C2NOCC3(C)C2C=CC(F)=CC2I)C=C1O. The van der Waals surface area contributed by atoms with E-state index in [1.165, 1.54) is 5.57 Å². The summed E-state index contributed by atoms with van der Waals surface area (Å²) in [5, 5.41) is 10.7. The number of allylic oxidation sites excluding steroid dienone is 7. The zero-order chi connectivity index (χ0) is 24.5. The van der Waals surface area contributed by atoms with Crippen molar-refractivity contribution in [2.24, 2.45) is 17.6 Å². The van der Waals surface area contributed by atoms with Crippen molar-refractivity contribution in [2.75, 3.05) is 13.2 Å². The lowest BCUT2D eigenvalue weighted by Crippen LogP contribution is -2.69. The predicted molar refractivity (Wildman–Crippen MR) is 142 cm³/mol. The molecule has 0 spiro atoms. The first-order valence-electron chi connectivity index (χ1n) is 11.7. The molecule has 2 aliphatic heterocycles. The molecule has 0 aromatic heterocycles. The third-order valence-corrected chi connectivity index (χ3v) is 8.18. The highest BCUT2D eigenvalue weighted by molar-refractivity contribution is 14.1. The third kappa shape index (κ3) is 5.05. The molecule has 0 aromatic carbocycles. The zero-order valence-electron chi connectivity index (χ0n) is 19.8. The minimum absolute atomic E-state index is 0.0475. The summed E-state index contributed by atoms with van der Waals surface area (Å²) in [6, 6.07) is 0. The molecule has 2 fully saturated rings. The van der Waals surface area contributed by atoms with Crippen LogP contribution < -0.4 is 11.2 Å². The molecule has 0 radical (unpaired) electrons. The molecule has 0 amide bonds. The van der Waals surface area contributed by atoms with Gasteiger partial charge < -0.3 is 15.7 Å². The van der Waals surface area contributed by atoms with E-state index in [1.54, 1.807) is 36.4 Å². The molecule has 34 heavy (non-hydrogen) atoms. The summed E-state index contributed by atoms with van der Waals surface area (Å²) < 4.78 is 13.9. The van der Waals surface area contributed by atoms with Crippen LogP contribution in [0.15, 0.2) is 84.0 Å². The van der Waals surface area contributed by atoms with Gasteiger partial charge in [0.25, 0.3) is 0 Å². The van der Waals surface area contributed by atoms with Crippen LogP contribution >= 0.6 is 22.6 Å². The van der Waals surface area contributed by atoms with E-state index >= 15 is 0 Å². The van der Waals surface area contributed by atoms with Gasteiger partial charge in [0.1, 0.15) is 17.8 Å². The van der Waals surface area contributed by atoms with Crippen LogP contribution in [0.1, 0.15) is 33.1 Å². The number of piperidine rings is 1. The third-order valence-electron chi connectivity index (χ3n) is 7.05. The highest BCUT2D eigenvalue weighted by Gasteiger charge is 2.49. The summed E-state index contributed by atoms with van der Waals surface area (Å²) >= 11 is 2.33. The Hall–Kier alpha value is -1.88. The second-order valence-electron chi connectivity index (χ2n) is 9.59. The van der Waals surface area contributed by atoms with E-state index in [0.29, 0.717) is 18.0 Å². The van der Waals surface area contributed by atoms with E-state index in [9.17, 15) is 9.50 Å². The van der Waals surface area contributed by atoms with Crippen molar-refractivity contribution in [2.45, 2.75) is 48.7 Å². The first kappa shape index (κ1) is 25.2. The standard InChI is InChI=1S/C26H34FIN4O2/c1-4-31(15-17(2)29)23-10-7-18(13-24(23)33)12-19-6-5-11-32-25(19)30-34-16-26(32,3)21-9-8-20(27)14-22(21)28/h4,8-10,12-15,18,21-22,25,30,33H,1,5-7,11,16,29H2,2-3H3/b17-15-,19-12+. The Bertz CT molecular complexity index is 997. The lowest BCUT2D eigenvalue weighted by atomic mass is 9.77. The average Bonchev–Trinajstić information content (AvgIpc) is 2.78. The summed E-state index contributed by atoms with van der Waals surface area (Å²) in [5.41, 5.74) is 11.4. The lowest BCUT2D eigenvalue weighted by molar-refractivity contribution is -0.166. The van der Waals surface area contributed by atoms with E-state index in [2.05, 4.69) is 52.5 Å². The van der Waals surface area contributed by atoms with Gasteiger partial charge in [-0.15, -0.1) is 0 Å². The van der Waals surface area contributed by atoms with Gasteiger partial charge >= 0.3 is 0 Å². The summed E-state index contributed by atoms with van der Waals surface area (Å²) in [6.45, 7) is 9.32. The number of hydrogen-bond donors (Lipinski definition) is 3. The molecule has 0 aromatic rings. The number of hydroxylamine groups is 1. The molecule has 2 heterocycles. The van der Waals surface area contributed by atoms with Crippen LogP contribution in [0.4, 0.5) is 4.39 Å². The van der Waals surface area contributed by atoms with E-state index in [4.69, 9.17) is 10.6 Å². The minimum atomic E-state index is -0.260. The van der Waals surface area contributed by atoms with E-state index in [1.807, 2.05) is 18.2 Å². The second-order valence-corrected chi connectivity index (χ2v) is 11.0. The first-order valence-corrected chi connectivity index (χ1v) is 13.0. The second kappa shape index (κ2) is 10.4. The van der Waals surface area contributed by atoms with Crippen LogP contribution in [0.5, 0.6) is 0 Å². The van der Waals surface area contributed by atoms with Gasteiger partial charge in [-0.3, -0.25) is 9.74 Å². The number of nitrogens with two attached hydrogens (primary N) is 1. The van der Waals surface area contributed by atoms with Crippen LogP contribution in [0.2, 0.25) is 0 Å². The van der Waals surface area contributed by atoms with Gasteiger partial charge in [0, 0.05) is 40.4 Å². The van der Waals surface area contributed by atoms with Crippen molar-refractivity contribution in [3.63, 3.8) is 0 Å². The number of aliphatic hydroxyl groups excluding tert-OH is 1. The highest BCUT2D eigenvalue weighted by atomic mass is 127. The van der Waals surface area contributed by atoms with E-state index in [-0.39, 0.29) is 39.1 Å². The fourth-order valence-corrected chi connectivity index (χ4v) is 6.72. The maximum atomic E-state index is 13.8. The van der Waals surface area contributed by atoms with Gasteiger partial charge in [-0.2, -0.15) is 5.48 Å². The smallest absolute Gasteiger partial charge is 0.135 e. The Balaban J connectivity index is 1.54. The van der Waals surface area contributed by atoms with E-state index < -0.39 is 0 Å². The molecule has 184 valence electrons. The van der Waals surface area contributed by atoms with Crippen LogP contribution in [0.3, 0.4) is 0 Å². The molecule has 2 aliphatic carbocycles. The maximum Gasteiger partial charge on any atom is 0.135 e. The molecule has 5 unspecified atom stereocenters. The quantitative estimate of drug-likeness (QED) is 0.239. The lowest BCUT2D eigenvalue weighted by Gasteiger charge is -2.55. The number of aliphatic hydroxyl groups is 1. The van der Waals surface area contributed by atoms with Crippen molar-refractivity contribution in [1.29, 1.82) is 0 Å². The molecular formula is C26H34FIN4O2. The number of rotatable bonds is 5. The number of alkyl halides is 1. The Morgan fingerprint density at radius 1 is 1.47 bits per heavy atom. The van der Waals surface area contributed by atoms with Crippen molar-refractivity contribution >= 4 is 22.6 Å². The van der Waals surface area contributed by atoms with Gasteiger partial charge in [0.05, 0.1) is 17.8 Å². The molecule has 5 atom stereocenters. The molecule has 2 saturated heterocycles. The summed E-state index contributed by atoms with van der Waals surface area (Å²) in [5.74, 6) is 0.259. The number of halogens is 2. The molecule has 6 nitrogen and oxygen atoms in total. The van der Waals surface area contributed by atoms with Crippen LogP contribution in [-0.2, 0) is 4.84 Å². The Morgan fingerprint density at radius 3 is 2.94 bits per heavy atom. The van der Waals surface area contributed by atoms with Crippen LogP contribution in [-0.4, -0.2) is 43.7 Å². The highest BCUT2D eigenvalue weighted by Crippen LogP contribution is 2.42. The van der Waals surface area contributed by atoms with Crippen LogP contribution in [0, 0.1) is 11.8 Å². The average molecular weight is 580 g/mol. The Labute approximate surface area is 215 Å². The van der Waals surface area contributed by atoms with Gasteiger partial charge in [0.15, 0.2) is 0 Å². The number of fused-ring (bicyclic) bond motifs is 1. The Kier molecular flexibility index (Phi) is 7.71. The molecule has 4 aliphatic rings. The molecule has 4 rings (SSSR count). The van der Waals surface area contributed by atoms with Crippen molar-refractivity contribution in [3.05, 3.63) is 84.0 Å². The normalized spacial score (nSPS) is 35.8. The predicted octanol–water partition coefficient (Wildman–Crippen LogP) is 5.08. The van der Waals surface area contributed by atoms with Crippen molar-refractivity contribution in [1.82, 2.24) is 15.3 Å².